The van der Waals surface area contributed by atoms with Crippen molar-refractivity contribution in [2.24, 2.45) is 5.92 Å². The van der Waals surface area contributed by atoms with E-state index in [1.54, 1.807) is 24.3 Å². The molecule has 1 amide bonds. The molecule has 3 rings (SSSR count). The Hall–Kier alpha value is -1.44. The van der Waals surface area contributed by atoms with Crippen molar-refractivity contribution in [3.8, 4) is 0 Å². The lowest BCUT2D eigenvalue weighted by atomic mass is 10.1. The summed E-state index contributed by atoms with van der Waals surface area (Å²) >= 11 is -2.35. The van der Waals surface area contributed by atoms with Crippen molar-refractivity contribution in [1.29, 1.82) is 0 Å². The van der Waals surface area contributed by atoms with Crippen LogP contribution in [0, 0.1) is 5.92 Å². The number of nitrogens with one attached hydrogen (secondary N) is 1. The second kappa shape index (κ2) is 6.98. The van der Waals surface area contributed by atoms with Crippen LogP contribution in [0.5, 0.6) is 0 Å². The lowest BCUT2D eigenvalue weighted by Crippen LogP contribution is -2.51. The number of carbonyl (C=O) groups excluding carboxylic acids is 1. The number of benzene rings is 1. The van der Waals surface area contributed by atoms with Gasteiger partial charge in [-0.25, -0.2) is 0 Å². The van der Waals surface area contributed by atoms with Crippen molar-refractivity contribution >= 4 is 22.9 Å². The number of nitrogens with zero attached hydrogens (tertiary/aromatic N) is 2. The van der Waals surface area contributed by atoms with Crippen LogP contribution < -0.4 is 4.72 Å². The van der Waals surface area contributed by atoms with Gasteiger partial charge in [-0.2, -0.15) is 0 Å². The first-order valence-electron chi connectivity index (χ1n) is 8.04. The average Bonchev–Trinajstić information content (AvgIpc) is 3.39. The van der Waals surface area contributed by atoms with Gasteiger partial charge in [0.25, 0.3) is 5.91 Å². The Morgan fingerprint density at radius 3 is 2.35 bits per heavy atom. The topological polar surface area (TPSA) is 75.7 Å². The van der Waals surface area contributed by atoms with Crippen molar-refractivity contribution < 1.29 is 13.6 Å². The van der Waals surface area contributed by atoms with E-state index in [1.165, 1.54) is 12.8 Å². The van der Waals surface area contributed by atoms with Crippen LogP contribution in [0.1, 0.15) is 30.1 Å². The SMILES string of the molecule is CC(C1CC1)N1CCN(C(=O)c2ccc(NS(=O)[O-])cc2)CC1. The van der Waals surface area contributed by atoms with Gasteiger partial charge in [-0.05, 0) is 49.9 Å². The van der Waals surface area contributed by atoms with Crippen LogP contribution in [0.3, 0.4) is 0 Å². The van der Waals surface area contributed by atoms with E-state index >= 15 is 0 Å². The highest BCUT2D eigenvalue weighted by molar-refractivity contribution is 7.80. The molecule has 2 atom stereocenters. The molecular weight excluding hydrogens is 314 g/mol. The number of anilines is 1. The summed E-state index contributed by atoms with van der Waals surface area (Å²) in [6.45, 7) is 5.65. The molecule has 0 aromatic heterocycles. The Morgan fingerprint density at radius 1 is 1.22 bits per heavy atom. The highest BCUT2D eigenvalue weighted by atomic mass is 32.2. The monoisotopic (exact) mass is 336 g/mol. The molecule has 1 aromatic rings. The molecule has 6 nitrogen and oxygen atoms in total. The lowest BCUT2D eigenvalue weighted by Gasteiger charge is -2.38. The number of hydrogen-bond donors (Lipinski definition) is 1. The maximum absolute atomic E-state index is 12.5. The Balaban J connectivity index is 1.55. The predicted molar refractivity (Wildman–Crippen MR) is 88.6 cm³/mol. The van der Waals surface area contributed by atoms with Crippen LogP contribution in [0.15, 0.2) is 24.3 Å². The molecule has 7 heteroatoms. The largest absolute Gasteiger partial charge is 0.755 e. The smallest absolute Gasteiger partial charge is 0.253 e. The lowest BCUT2D eigenvalue weighted by molar-refractivity contribution is 0.0564. The standard InChI is InChI=1S/C16H23N3O3S/c1-12(13-2-3-13)18-8-10-19(11-9-18)16(20)14-4-6-15(7-5-14)17-23(21)22/h4-7,12-13,17H,2-3,8-11H2,1H3,(H,21,22)/p-1. The quantitative estimate of drug-likeness (QED) is 0.826. The minimum absolute atomic E-state index is 0.0125. The van der Waals surface area contributed by atoms with E-state index in [9.17, 15) is 13.6 Å². The van der Waals surface area contributed by atoms with E-state index in [0.29, 0.717) is 17.3 Å². The normalized spacial score (nSPS) is 21.7. The molecule has 2 fully saturated rings. The van der Waals surface area contributed by atoms with Crippen molar-refractivity contribution in [2.75, 3.05) is 30.9 Å². The molecule has 1 aliphatic carbocycles. The van der Waals surface area contributed by atoms with Gasteiger partial charge < -0.3 is 14.2 Å². The fraction of sp³-hybridized carbons (Fsp3) is 0.562. The summed E-state index contributed by atoms with van der Waals surface area (Å²) in [5.41, 5.74) is 1.05. The third kappa shape index (κ3) is 4.10. The van der Waals surface area contributed by atoms with Gasteiger partial charge in [0.05, 0.1) is 0 Å². The molecule has 1 N–H and O–H groups in total. The summed E-state index contributed by atoms with van der Waals surface area (Å²) in [5.74, 6) is 0.863. The maximum atomic E-state index is 12.5. The van der Waals surface area contributed by atoms with E-state index < -0.39 is 11.3 Å². The highest BCUT2D eigenvalue weighted by Gasteiger charge is 2.34. The minimum Gasteiger partial charge on any atom is -0.755 e. The summed E-state index contributed by atoms with van der Waals surface area (Å²) in [7, 11) is 0. The van der Waals surface area contributed by atoms with Gasteiger partial charge in [0.1, 0.15) is 0 Å². The van der Waals surface area contributed by atoms with Crippen LogP contribution in [-0.2, 0) is 11.3 Å². The van der Waals surface area contributed by atoms with Gasteiger partial charge in [0.2, 0.25) is 0 Å². The van der Waals surface area contributed by atoms with Gasteiger partial charge >= 0.3 is 0 Å². The summed E-state index contributed by atoms with van der Waals surface area (Å²) < 4.78 is 23.4. The highest BCUT2D eigenvalue weighted by Crippen LogP contribution is 2.35. The molecule has 1 heterocycles. The van der Waals surface area contributed by atoms with E-state index in [1.807, 2.05) is 4.90 Å². The molecule has 0 spiro atoms. The third-order valence-electron chi connectivity index (χ3n) is 4.81. The first-order chi connectivity index (χ1) is 11.0. The van der Waals surface area contributed by atoms with Crippen LogP contribution >= 0.6 is 0 Å². The molecule has 23 heavy (non-hydrogen) atoms. The Morgan fingerprint density at radius 2 is 1.83 bits per heavy atom. The fourth-order valence-corrected chi connectivity index (χ4v) is 3.50. The molecule has 1 aliphatic heterocycles. The second-order valence-corrected chi connectivity index (χ2v) is 6.99. The maximum Gasteiger partial charge on any atom is 0.253 e. The van der Waals surface area contributed by atoms with E-state index in [4.69, 9.17) is 0 Å². The minimum atomic E-state index is -2.35. The van der Waals surface area contributed by atoms with Crippen LogP contribution in [0.4, 0.5) is 5.69 Å². The predicted octanol–water partition coefficient (Wildman–Crippen LogP) is 1.45. The van der Waals surface area contributed by atoms with Gasteiger partial charge in [-0.1, -0.05) is 0 Å². The molecular formula is C16H22N3O3S-. The summed E-state index contributed by atoms with van der Waals surface area (Å²) in [6, 6.07) is 7.17. The van der Waals surface area contributed by atoms with Gasteiger partial charge in [0.15, 0.2) is 0 Å². The molecule has 126 valence electrons. The van der Waals surface area contributed by atoms with E-state index in [2.05, 4.69) is 16.5 Å². The number of rotatable bonds is 5. The zero-order chi connectivity index (χ0) is 16.4. The number of piperazine rings is 1. The molecule has 1 saturated heterocycles. The van der Waals surface area contributed by atoms with Crippen LogP contribution in [-0.4, -0.2) is 56.7 Å². The van der Waals surface area contributed by atoms with Gasteiger partial charge in [-0.15, -0.1) is 0 Å². The van der Waals surface area contributed by atoms with Crippen molar-refractivity contribution in [2.45, 2.75) is 25.8 Å². The van der Waals surface area contributed by atoms with Crippen LogP contribution in [0.2, 0.25) is 0 Å². The van der Waals surface area contributed by atoms with Crippen molar-refractivity contribution in [3.05, 3.63) is 29.8 Å². The summed E-state index contributed by atoms with van der Waals surface area (Å²) in [5, 5.41) is 0. The Bertz CT molecular complexity index is 581. The molecule has 2 unspecified atom stereocenters. The number of hydrogen-bond acceptors (Lipinski definition) is 4. The summed E-state index contributed by atoms with van der Waals surface area (Å²) in [6.07, 6.45) is 2.68. The van der Waals surface area contributed by atoms with Crippen molar-refractivity contribution in [3.63, 3.8) is 0 Å². The first kappa shape index (κ1) is 16.4. The molecule has 2 aliphatic rings. The van der Waals surface area contributed by atoms with Crippen LogP contribution in [0.25, 0.3) is 0 Å². The van der Waals surface area contributed by atoms with Gasteiger partial charge in [0, 0.05) is 54.7 Å². The number of carbonyl (C=O) groups is 1. The molecule has 0 radical (unpaired) electrons. The molecule has 0 bridgehead atoms. The van der Waals surface area contributed by atoms with E-state index in [0.717, 1.165) is 32.1 Å². The Kier molecular flexibility index (Phi) is 4.99. The zero-order valence-electron chi connectivity index (χ0n) is 13.2. The second-order valence-electron chi connectivity index (χ2n) is 6.32. The molecule has 1 saturated carbocycles. The van der Waals surface area contributed by atoms with Crippen molar-refractivity contribution in [1.82, 2.24) is 9.80 Å². The average molecular weight is 336 g/mol. The third-order valence-corrected chi connectivity index (χ3v) is 5.22. The Labute approximate surface area is 139 Å². The number of amides is 1. The zero-order valence-corrected chi connectivity index (χ0v) is 14.1. The van der Waals surface area contributed by atoms with E-state index in [-0.39, 0.29) is 5.91 Å². The fourth-order valence-electron chi connectivity index (χ4n) is 3.17. The van der Waals surface area contributed by atoms with Gasteiger partial charge in [-0.3, -0.25) is 13.9 Å². The first-order valence-corrected chi connectivity index (χ1v) is 9.11. The molecule has 1 aromatic carbocycles. The summed E-state index contributed by atoms with van der Waals surface area (Å²) in [4.78, 5) is 16.9.